The van der Waals surface area contributed by atoms with E-state index in [1.54, 1.807) is 13.8 Å². The van der Waals surface area contributed by atoms with Crippen LogP contribution in [0.3, 0.4) is 0 Å². The molecule has 3 aliphatic rings. The molecule has 0 radical (unpaired) electrons. The van der Waals surface area contributed by atoms with Crippen LogP contribution in [-0.4, -0.2) is 60.4 Å². The number of benzene rings is 1. The summed E-state index contributed by atoms with van der Waals surface area (Å²) < 4.78 is 92.1. The normalized spacial score (nSPS) is 21.8. The van der Waals surface area contributed by atoms with Crippen molar-refractivity contribution >= 4 is 11.7 Å². The van der Waals surface area contributed by atoms with Gasteiger partial charge < -0.3 is 29.6 Å². The molecule has 1 aromatic heterocycles. The minimum atomic E-state index is -3.01. The van der Waals surface area contributed by atoms with Crippen molar-refractivity contribution < 1.29 is 45.7 Å². The van der Waals surface area contributed by atoms with Gasteiger partial charge in [0.15, 0.2) is 12.4 Å². The van der Waals surface area contributed by atoms with E-state index in [0.29, 0.717) is 13.0 Å². The third-order valence-electron chi connectivity index (χ3n) is 7.34. The molecule has 14 heteroatoms. The fraction of sp³-hybridized carbons (Fsp3) is 0.593. The lowest BCUT2D eigenvalue weighted by Gasteiger charge is -2.28. The number of amides is 1. The zero-order valence-electron chi connectivity index (χ0n) is 22.5. The van der Waals surface area contributed by atoms with Gasteiger partial charge in [0.25, 0.3) is 18.8 Å². The minimum Gasteiger partial charge on any atom is -0.379 e. The average Bonchev–Trinajstić information content (AvgIpc) is 3.28. The number of anilines is 1. The van der Waals surface area contributed by atoms with E-state index in [1.807, 2.05) is 0 Å². The van der Waals surface area contributed by atoms with Gasteiger partial charge in [-0.2, -0.15) is 0 Å². The highest BCUT2D eigenvalue weighted by molar-refractivity contribution is 5.84. The number of alkyl halides is 4. The molecule has 2 N–H and O–H groups in total. The molecule has 1 saturated carbocycles. The van der Waals surface area contributed by atoms with Crippen molar-refractivity contribution in [2.45, 2.75) is 76.0 Å². The Morgan fingerprint density at radius 3 is 2.41 bits per heavy atom. The summed E-state index contributed by atoms with van der Waals surface area (Å²) in [5, 5.41) is 5.48. The fourth-order valence-corrected chi connectivity index (χ4v) is 4.93. The number of carbonyl (C=O) groups excluding carboxylic acids is 1. The standard InChI is InChI=1S/C27H31F5N4O5/c1-13(16-4-3-5-17(19(16)28)22(29)30)33-23-18(25-39-10-11-40-25)20(34-14(2)35-23)21(41-15-6-9-38-12-15)24(37)36-27(7-8-27)26(31)32/h3-5,13,15,21-22,25-26H,6-12H2,1-2H3,(H,36,37)(H,33,34,35)/t13-,15+,21?/m1/s1. The first kappa shape index (κ1) is 29.5. The van der Waals surface area contributed by atoms with Crippen LogP contribution >= 0.6 is 0 Å². The van der Waals surface area contributed by atoms with Crippen LogP contribution < -0.4 is 10.6 Å². The molecule has 1 aliphatic carbocycles. The summed E-state index contributed by atoms with van der Waals surface area (Å²) in [6.07, 6.45) is -8.11. The maximum atomic E-state index is 15.0. The average molecular weight is 587 g/mol. The first-order valence-electron chi connectivity index (χ1n) is 13.4. The number of rotatable bonds is 11. The summed E-state index contributed by atoms with van der Waals surface area (Å²) in [7, 11) is 0. The summed E-state index contributed by atoms with van der Waals surface area (Å²) in [5.74, 6) is -1.61. The van der Waals surface area contributed by atoms with Gasteiger partial charge in [-0.15, -0.1) is 0 Å². The highest BCUT2D eigenvalue weighted by atomic mass is 19.3. The van der Waals surface area contributed by atoms with Gasteiger partial charge in [0.05, 0.1) is 48.8 Å². The Morgan fingerprint density at radius 2 is 1.80 bits per heavy atom. The Labute approximate surface area is 233 Å². The number of aryl methyl sites for hydroxylation is 1. The second kappa shape index (κ2) is 12.1. The number of aromatic nitrogens is 2. The first-order valence-corrected chi connectivity index (χ1v) is 13.4. The van der Waals surface area contributed by atoms with Gasteiger partial charge in [0, 0.05) is 12.2 Å². The summed E-state index contributed by atoms with van der Waals surface area (Å²) in [4.78, 5) is 22.5. The van der Waals surface area contributed by atoms with Gasteiger partial charge in [-0.05, 0) is 33.1 Å². The Morgan fingerprint density at radius 1 is 1.10 bits per heavy atom. The molecule has 3 fully saturated rings. The number of ether oxygens (including phenoxy) is 4. The SMILES string of the molecule is Cc1nc(N[C@H](C)c2cccc(C(F)F)c2F)c(C2OCCO2)c(C(O[C@H]2CCOC2)C(=O)NC2(C(F)F)CC2)n1. The summed E-state index contributed by atoms with van der Waals surface area (Å²) in [6, 6.07) is 2.83. The molecule has 41 heavy (non-hydrogen) atoms. The minimum absolute atomic E-state index is 0.0235. The fourth-order valence-electron chi connectivity index (χ4n) is 4.93. The molecule has 3 heterocycles. The third-order valence-corrected chi connectivity index (χ3v) is 7.34. The van der Waals surface area contributed by atoms with E-state index in [1.165, 1.54) is 12.1 Å². The zero-order valence-corrected chi connectivity index (χ0v) is 22.5. The largest absolute Gasteiger partial charge is 0.379 e. The van der Waals surface area contributed by atoms with Gasteiger partial charge in [0.2, 0.25) is 0 Å². The maximum absolute atomic E-state index is 15.0. The Kier molecular flexibility index (Phi) is 8.73. The number of hydrogen-bond donors (Lipinski definition) is 2. The van der Waals surface area contributed by atoms with Crippen molar-refractivity contribution in [3.8, 4) is 0 Å². The molecule has 1 amide bonds. The molecule has 0 bridgehead atoms. The van der Waals surface area contributed by atoms with Crippen LogP contribution in [0.15, 0.2) is 18.2 Å². The predicted molar refractivity (Wildman–Crippen MR) is 134 cm³/mol. The molecule has 1 aromatic carbocycles. The Balaban J connectivity index is 1.55. The number of hydrogen-bond acceptors (Lipinski definition) is 8. The van der Waals surface area contributed by atoms with Crippen LogP contribution in [0.4, 0.5) is 27.8 Å². The lowest BCUT2D eigenvalue weighted by Crippen LogP contribution is -2.46. The quantitative estimate of drug-likeness (QED) is 0.361. The van der Waals surface area contributed by atoms with Crippen molar-refractivity contribution in [3.05, 3.63) is 52.2 Å². The lowest BCUT2D eigenvalue weighted by atomic mass is 10.0. The molecule has 3 atom stereocenters. The number of carbonyl (C=O) groups is 1. The third kappa shape index (κ3) is 6.30. The van der Waals surface area contributed by atoms with Crippen LogP contribution in [-0.2, 0) is 23.7 Å². The molecule has 2 saturated heterocycles. The highest BCUT2D eigenvalue weighted by Crippen LogP contribution is 2.43. The molecular formula is C27H31F5N4O5. The second-order valence-corrected chi connectivity index (χ2v) is 10.4. The Bertz CT molecular complexity index is 1250. The van der Waals surface area contributed by atoms with Crippen molar-refractivity contribution in [2.75, 3.05) is 31.7 Å². The van der Waals surface area contributed by atoms with Crippen molar-refractivity contribution in [3.63, 3.8) is 0 Å². The molecular weight excluding hydrogens is 555 g/mol. The van der Waals surface area contributed by atoms with Crippen LogP contribution in [0.5, 0.6) is 0 Å². The maximum Gasteiger partial charge on any atom is 0.266 e. The summed E-state index contributed by atoms with van der Waals surface area (Å²) >= 11 is 0. The molecule has 224 valence electrons. The van der Waals surface area contributed by atoms with Crippen molar-refractivity contribution in [1.29, 1.82) is 0 Å². The summed E-state index contributed by atoms with van der Waals surface area (Å²) in [6.45, 7) is 4.12. The van der Waals surface area contributed by atoms with E-state index in [-0.39, 0.29) is 61.1 Å². The highest BCUT2D eigenvalue weighted by Gasteiger charge is 2.53. The van der Waals surface area contributed by atoms with Crippen molar-refractivity contribution in [2.24, 2.45) is 0 Å². The Hall–Kier alpha value is -2.94. The van der Waals surface area contributed by atoms with Crippen LogP contribution in [0.1, 0.15) is 79.3 Å². The molecule has 5 rings (SSSR count). The van der Waals surface area contributed by atoms with E-state index >= 15 is 0 Å². The smallest absolute Gasteiger partial charge is 0.266 e. The number of halogens is 5. The van der Waals surface area contributed by atoms with Gasteiger partial charge in [0.1, 0.15) is 23.0 Å². The lowest BCUT2D eigenvalue weighted by molar-refractivity contribution is -0.140. The number of nitrogens with zero attached hydrogens (tertiary/aromatic N) is 2. The van der Waals surface area contributed by atoms with E-state index in [4.69, 9.17) is 18.9 Å². The van der Waals surface area contributed by atoms with Crippen LogP contribution in [0.25, 0.3) is 0 Å². The van der Waals surface area contributed by atoms with E-state index < -0.39 is 60.2 Å². The van der Waals surface area contributed by atoms with E-state index in [0.717, 1.165) is 6.07 Å². The van der Waals surface area contributed by atoms with Gasteiger partial charge >= 0.3 is 0 Å². The number of nitrogens with one attached hydrogen (secondary N) is 2. The van der Waals surface area contributed by atoms with Gasteiger partial charge in [-0.25, -0.2) is 31.9 Å². The molecule has 2 aliphatic heterocycles. The predicted octanol–water partition coefficient (Wildman–Crippen LogP) is 4.84. The van der Waals surface area contributed by atoms with Gasteiger partial charge in [-0.1, -0.05) is 18.2 Å². The molecule has 9 nitrogen and oxygen atoms in total. The van der Waals surface area contributed by atoms with E-state index in [2.05, 4.69) is 20.6 Å². The topological polar surface area (TPSA) is 104 Å². The first-order chi connectivity index (χ1) is 19.6. The van der Waals surface area contributed by atoms with Crippen LogP contribution in [0, 0.1) is 12.7 Å². The zero-order chi connectivity index (χ0) is 29.3. The molecule has 2 aromatic rings. The van der Waals surface area contributed by atoms with E-state index in [9.17, 15) is 26.7 Å². The van der Waals surface area contributed by atoms with Crippen LogP contribution in [0.2, 0.25) is 0 Å². The monoisotopic (exact) mass is 586 g/mol. The second-order valence-electron chi connectivity index (χ2n) is 10.4. The summed E-state index contributed by atoms with van der Waals surface area (Å²) in [5.41, 5.74) is -2.24. The van der Waals surface area contributed by atoms with Gasteiger partial charge in [-0.3, -0.25) is 4.79 Å². The van der Waals surface area contributed by atoms with Crippen molar-refractivity contribution in [1.82, 2.24) is 15.3 Å². The molecule has 0 spiro atoms. The molecule has 1 unspecified atom stereocenters.